The molecule has 0 aliphatic carbocycles. The first kappa shape index (κ1) is 12.3. The maximum atomic E-state index is 4.63. The highest BCUT2D eigenvalue weighted by Crippen LogP contribution is 2.30. The highest BCUT2D eigenvalue weighted by atomic mass is 32.1. The lowest BCUT2D eigenvalue weighted by Crippen LogP contribution is -2.10. The van der Waals surface area contributed by atoms with Crippen LogP contribution in [0.5, 0.6) is 0 Å². The van der Waals surface area contributed by atoms with Crippen LogP contribution in [0.3, 0.4) is 0 Å². The van der Waals surface area contributed by atoms with E-state index in [1.54, 1.807) is 11.3 Å². The van der Waals surface area contributed by atoms with E-state index >= 15 is 0 Å². The Balaban J connectivity index is 2.33. The van der Waals surface area contributed by atoms with Crippen molar-refractivity contribution in [2.24, 2.45) is 0 Å². The predicted molar refractivity (Wildman–Crippen MR) is 74.7 cm³/mol. The summed E-state index contributed by atoms with van der Waals surface area (Å²) in [6, 6.07) is 8.69. The van der Waals surface area contributed by atoms with Crippen LogP contribution in [-0.2, 0) is 6.42 Å². The Morgan fingerprint density at radius 1 is 1.18 bits per heavy atom. The molecule has 0 fully saturated rings. The molecule has 0 spiro atoms. The summed E-state index contributed by atoms with van der Waals surface area (Å²) in [6.07, 6.45) is 0.990. The van der Waals surface area contributed by atoms with Gasteiger partial charge < -0.3 is 5.32 Å². The molecule has 0 aliphatic heterocycles. The van der Waals surface area contributed by atoms with E-state index in [1.807, 2.05) is 7.05 Å². The van der Waals surface area contributed by atoms with Gasteiger partial charge in [-0.15, -0.1) is 11.3 Å². The second-order valence-corrected chi connectivity index (χ2v) is 5.43. The fourth-order valence-corrected chi connectivity index (χ4v) is 2.78. The van der Waals surface area contributed by atoms with Crippen molar-refractivity contribution < 1.29 is 0 Å². The van der Waals surface area contributed by atoms with Crippen molar-refractivity contribution in [2.45, 2.75) is 20.3 Å². The Bertz CT molecular complexity index is 485. The number of hydrogen-bond acceptors (Lipinski definition) is 3. The van der Waals surface area contributed by atoms with Crippen molar-refractivity contribution in [1.82, 2.24) is 10.3 Å². The van der Waals surface area contributed by atoms with Gasteiger partial charge in [0.2, 0.25) is 0 Å². The molecule has 1 heterocycles. The van der Waals surface area contributed by atoms with Gasteiger partial charge in [-0.1, -0.05) is 29.8 Å². The first-order chi connectivity index (χ1) is 8.20. The highest BCUT2D eigenvalue weighted by Gasteiger charge is 2.10. The van der Waals surface area contributed by atoms with E-state index in [-0.39, 0.29) is 0 Å². The number of hydrogen-bond donors (Lipinski definition) is 1. The van der Waals surface area contributed by atoms with Gasteiger partial charge in [-0.05, 0) is 26.5 Å². The minimum Gasteiger partial charge on any atom is -0.319 e. The van der Waals surface area contributed by atoms with Gasteiger partial charge in [-0.25, -0.2) is 4.98 Å². The Morgan fingerprint density at radius 3 is 2.53 bits per heavy atom. The van der Waals surface area contributed by atoms with Crippen LogP contribution in [-0.4, -0.2) is 18.6 Å². The molecule has 1 aromatic heterocycles. The Hall–Kier alpha value is -1.19. The standard InChI is InChI=1S/C14H18N2S/c1-10-4-6-12(7-5-10)14-13(8-9-15-3)16-11(2)17-14/h4-7,15H,8-9H2,1-3H3. The topological polar surface area (TPSA) is 24.9 Å². The van der Waals surface area contributed by atoms with E-state index in [1.165, 1.54) is 21.7 Å². The van der Waals surface area contributed by atoms with E-state index < -0.39 is 0 Å². The molecule has 2 aromatic rings. The fraction of sp³-hybridized carbons (Fsp3) is 0.357. The summed E-state index contributed by atoms with van der Waals surface area (Å²) in [5.74, 6) is 0. The van der Waals surface area contributed by atoms with Gasteiger partial charge in [0.05, 0.1) is 15.6 Å². The number of nitrogens with zero attached hydrogens (tertiary/aromatic N) is 1. The molecule has 90 valence electrons. The number of benzene rings is 1. The molecule has 0 saturated heterocycles. The lowest BCUT2D eigenvalue weighted by Gasteiger charge is -2.02. The molecule has 2 nitrogen and oxygen atoms in total. The normalized spacial score (nSPS) is 10.8. The third-order valence-corrected chi connectivity index (χ3v) is 3.79. The van der Waals surface area contributed by atoms with Crippen LogP contribution in [0.25, 0.3) is 10.4 Å². The molecular formula is C14H18N2S. The largest absolute Gasteiger partial charge is 0.319 e. The van der Waals surface area contributed by atoms with E-state index in [0.29, 0.717) is 0 Å². The summed E-state index contributed by atoms with van der Waals surface area (Å²) in [5, 5.41) is 4.32. The van der Waals surface area contributed by atoms with Crippen LogP contribution < -0.4 is 5.32 Å². The van der Waals surface area contributed by atoms with Crippen molar-refractivity contribution in [1.29, 1.82) is 0 Å². The monoisotopic (exact) mass is 246 g/mol. The van der Waals surface area contributed by atoms with Crippen molar-refractivity contribution >= 4 is 11.3 Å². The summed E-state index contributed by atoms with van der Waals surface area (Å²) in [4.78, 5) is 5.94. The number of nitrogens with one attached hydrogen (secondary N) is 1. The van der Waals surface area contributed by atoms with E-state index in [4.69, 9.17) is 0 Å². The van der Waals surface area contributed by atoms with E-state index in [9.17, 15) is 0 Å². The van der Waals surface area contributed by atoms with Gasteiger partial charge in [0, 0.05) is 13.0 Å². The second kappa shape index (κ2) is 5.43. The third-order valence-electron chi connectivity index (χ3n) is 2.73. The number of aromatic nitrogens is 1. The zero-order valence-corrected chi connectivity index (χ0v) is 11.4. The first-order valence-corrected chi connectivity index (χ1v) is 6.70. The van der Waals surface area contributed by atoms with Crippen LogP contribution in [0.15, 0.2) is 24.3 Å². The van der Waals surface area contributed by atoms with Crippen molar-refractivity contribution in [3.05, 3.63) is 40.5 Å². The minimum absolute atomic E-state index is 0.974. The van der Waals surface area contributed by atoms with Gasteiger partial charge in [0.1, 0.15) is 0 Å². The molecule has 3 heteroatoms. The van der Waals surface area contributed by atoms with Gasteiger partial charge in [0.15, 0.2) is 0 Å². The average molecular weight is 246 g/mol. The molecule has 0 bridgehead atoms. The van der Waals surface area contributed by atoms with Gasteiger partial charge in [0.25, 0.3) is 0 Å². The second-order valence-electron chi connectivity index (χ2n) is 4.23. The zero-order chi connectivity index (χ0) is 12.3. The third kappa shape index (κ3) is 2.93. The average Bonchev–Trinajstić information content (AvgIpc) is 2.69. The summed E-state index contributed by atoms with van der Waals surface area (Å²) in [7, 11) is 1.98. The van der Waals surface area contributed by atoms with Gasteiger partial charge in [-0.2, -0.15) is 0 Å². The Labute approximate surface area is 107 Å². The van der Waals surface area contributed by atoms with Gasteiger partial charge in [-0.3, -0.25) is 0 Å². The van der Waals surface area contributed by atoms with Crippen LogP contribution in [0.2, 0.25) is 0 Å². The molecule has 0 radical (unpaired) electrons. The SMILES string of the molecule is CNCCc1nc(C)sc1-c1ccc(C)cc1. The first-order valence-electron chi connectivity index (χ1n) is 5.88. The van der Waals surface area contributed by atoms with Gasteiger partial charge >= 0.3 is 0 Å². The molecular weight excluding hydrogens is 228 g/mol. The summed E-state index contributed by atoms with van der Waals surface area (Å²) >= 11 is 1.78. The van der Waals surface area contributed by atoms with Crippen molar-refractivity contribution in [3.63, 3.8) is 0 Å². The Kier molecular flexibility index (Phi) is 3.92. The van der Waals surface area contributed by atoms with E-state index in [0.717, 1.165) is 18.0 Å². The van der Waals surface area contributed by atoms with Crippen LogP contribution in [0.4, 0.5) is 0 Å². The maximum absolute atomic E-state index is 4.63. The lowest BCUT2D eigenvalue weighted by molar-refractivity contribution is 0.779. The molecule has 0 amide bonds. The minimum atomic E-state index is 0.974. The number of likely N-dealkylation sites (N-methyl/N-ethyl adjacent to an activating group) is 1. The molecule has 0 saturated carbocycles. The molecule has 0 atom stereocenters. The molecule has 1 aromatic carbocycles. The summed E-state index contributed by atoms with van der Waals surface area (Å²) in [6.45, 7) is 5.16. The molecule has 17 heavy (non-hydrogen) atoms. The van der Waals surface area contributed by atoms with Crippen LogP contribution >= 0.6 is 11.3 Å². The van der Waals surface area contributed by atoms with Crippen molar-refractivity contribution in [2.75, 3.05) is 13.6 Å². The Morgan fingerprint density at radius 2 is 1.88 bits per heavy atom. The smallest absolute Gasteiger partial charge is 0.0903 e. The quantitative estimate of drug-likeness (QED) is 0.896. The van der Waals surface area contributed by atoms with Crippen LogP contribution in [0.1, 0.15) is 16.3 Å². The molecule has 1 N–H and O–H groups in total. The predicted octanol–water partition coefficient (Wildman–Crippen LogP) is 3.19. The number of thiazole rings is 1. The fourth-order valence-electron chi connectivity index (χ4n) is 1.81. The maximum Gasteiger partial charge on any atom is 0.0903 e. The molecule has 0 aliphatic rings. The van der Waals surface area contributed by atoms with E-state index in [2.05, 4.69) is 48.4 Å². The van der Waals surface area contributed by atoms with Crippen LogP contribution in [0, 0.1) is 13.8 Å². The molecule has 2 rings (SSSR count). The number of aryl methyl sites for hydroxylation is 2. The summed E-state index contributed by atoms with van der Waals surface area (Å²) in [5.41, 5.74) is 3.80. The molecule has 0 unspecified atom stereocenters. The lowest BCUT2D eigenvalue weighted by atomic mass is 10.1. The summed E-state index contributed by atoms with van der Waals surface area (Å²) < 4.78 is 0. The highest BCUT2D eigenvalue weighted by molar-refractivity contribution is 7.15. The van der Waals surface area contributed by atoms with Crippen molar-refractivity contribution in [3.8, 4) is 10.4 Å². The number of rotatable bonds is 4. The zero-order valence-electron chi connectivity index (χ0n) is 10.6.